The summed E-state index contributed by atoms with van der Waals surface area (Å²) in [5, 5.41) is 0. The van der Waals surface area contributed by atoms with Crippen LogP contribution in [0.5, 0.6) is 0 Å². The minimum Gasteiger partial charge on any atom is -0.0654 e. The molecule has 0 N–H and O–H groups in total. The van der Waals surface area contributed by atoms with Crippen molar-refractivity contribution in [3.8, 4) is 0 Å². The molecule has 1 aromatic carbocycles. The van der Waals surface area contributed by atoms with Crippen LogP contribution in [-0.2, 0) is 12.8 Å². The lowest BCUT2D eigenvalue weighted by Gasteiger charge is -2.04. The van der Waals surface area contributed by atoms with Crippen LogP contribution in [0.3, 0.4) is 0 Å². The third-order valence-electron chi connectivity index (χ3n) is 3.56. The highest BCUT2D eigenvalue weighted by Crippen LogP contribution is 2.12. The first-order valence-electron chi connectivity index (χ1n) is 7.74. The van der Waals surface area contributed by atoms with Gasteiger partial charge in [-0.3, -0.25) is 0 Å². The van der Waals surface area contributed by atoms with Crippen molar-refractivity contribution in [1.82, 2.24) is 0 Å². The Morgan fingerprint density at radius 3 is 1.67 bits per heavy atom. The van der Waals surface area contributed by atoms with Crippen molar-refractivity contribution in [2.24, 2.45) is 0 Å². The van der Waals surface area contributed by atoms with Gasteiger partial charge in [0.2, 0.25) is 0 Å². The monoisotopic (exact) mass is 245 g/mol. The van der Waals surface area contributed by atoms with E-state index in [0.29, 0.717) is 0 Å². The van der Waals surface area contributed by atoms with Crippen molar-refractivity contribution >= 4 is 0 Å². The SMILES string of the molecule is [CH2]CCCCCc1ccc(CCCCCC)cc1. The normalized spacial score (nSPS) is 10.8. The molecule has 0 spiro atoms. The van der Waals surface area contributed by atoms with Crippen LogP contribution in [0, 0.1) is 6.92 Å². The van der Waals surface area contributed by atoms with E-state index >= 15 is 0 Å². The highest BCUT2D eigenvalue weighted by atomic mass is 14.0. The lowest BCUT2D eigenvalue weighted by atomic mass is 10.0. The second-order valence-electron chi connectivity index (χ2n) is 5.29. The van der Waals surface area contributed by atoms with E-state index in [1.54, 1.807) is 0 Å². The summed E-state index contributed by atoms with van der Waals surface area (Å²) >= 11 is 0. The fourth-order valence-corrected chi connectivity index (χ4v) is 2.31. The maximum atomic E-state index is 3.88. The van der Waals surface area contributed by atoms with Crippen LogP contribution < -0.4 is 0 Å². The summed E-state index contributed by atoms with van der Waals surface area (Å²) in [5.41, 5.74) is 3.00. The molecule has 0 bridgehead atoms. The molecule has 0 heterocycles. The van der Waals surface area contributed by atoms with Crippen molar-refractivity contribution in [1.29, 1.82) is 0 Å². The third-order valence-corrected chi connectivity index (χ3v) is 3.56. The van der Waals surface area contributed by atoms with E-state index in [-0.39, 0.29) is 0 Å². The molecule has 18 heavy (non-hydrogen) atoms. The quantitative estimate of drug-likeness (QED) is 0.461. The average Bonchev–Trinajstić information content (AvgIpc) is 2.41. The Bertz CT molecular complexity index is 252. The molecule has 0 saturated carbocycles. The van der Waals surface area contributed by atoms with Crippen LogP contribution in [0.15, 0.2) is 24.3 Å². The average molecular weight is 245 g/mol. The van der Waals surface area contributed by atoms with Crippen LogP contribution >= 0.6 is 0 Å². The maximum absolute atomic E-state index is 3.88. The molecule has 0 fully saturated rings. The Balaban J connectivity index is 2.20. The summed E-state index contributed by atoms with van der Waals surface area (Å²) in [6, 6.07) is 9.28. The lowest BCUT2D eigenvalue weighted by Crippen LogP contribution is -1.89. The summed E-state index contributed by atoms with van der Waals surface area (Å²) in [6.07, 6.45) is 12.9. The van der Waals surface area contributed by atoms with Crippen LogP contribution in [0.25, 0.3) is 0 Å². The smallest absolute Gasteiger partial charge is 0.0279 e. The van der Waals surface area contributed by atoms with E-state index in [0.717, 1.165) is 6.42 Å². The number of rotatable bonds is 10. The lowest BCUT2D eigenvalue weighted by molar-refractivity contribution is 0.666. The minimum absolute atomic E-state index is 1.08. The van der Waals surface area contributed by atoms with Gasteiger partial charge >= 0.3 is 0 Å². The van der Waals surface area contributed by atoms with E-state index < -0.39 is 0 Å². The Morgan fingerprint density at radius 1 is 0.722 bits per heavy atom. The molecule has 0 aromatic heterocycles. The molecule has 0 aliphatic carbocycles. The molecule has 0 amide bonds. The standard InChI is InChI=1S/C18H29/c1-3-5-7-9-11-17-13-15-18(16-14-17)12-10-8-6-4-2/h13-16H,1,3-12H2,2H3. The second kappa shape index (κ2) is 10.2. The van der Waals surface area contributed by atoms with Gasteiger partial charge in [0.15, 0.2) is 0 Å². The third kappa shape index (κ3) is 6.83. The van der Waals surface area contributed by atoms with Gasteiger partial charge in [-0.1, -0.05) is 76.6 Å². The van der Waals surface area contributed by atoms with Crippen LogP contribution in [0.2, 0.25) is 0 Å². The van der Waals surface area contributed by atoms with Gasteiger partial charge in [0, 0.05) is 0 Å². The van der Waals surface area contributed by atoms with E-state index in [1.807, 2.05) is 0 Å². The van der Waals surface area contributed by atoms with Crippen molar-refractivity contribution in [2.45, 2.75) is 71.1 Å². The summed E-state index contributed by atoms with van der Waals surface area (Å²) in [5.74, 6) is 0. The molecule has 0 saturated heterocycles. The molecule has 0 unspecified atom stereocenters. The Morgan fingerprint density at radius 2 is 1.22 bits per heavy atom. The zero-order valence-electron chi connectivity index (χ0n) is 12.1. The summed E-state index contributed by atoms with van der Waals surface area (Å²) < 4.78 is 0. The first-order valence-corrected chi connectivity index (χ1v) is 7.74. The van der Waals surface area contributed by atoms with Gasteiger partial charge in [0.25, 0.3) is 0 Å². The van der Waals surface area contributed by atoms with Crippen LogP contribution in [-0.4, -0.2) is 0 Å². The number of aryl methyl sites for hydroxylation is 2. The van der Waals surface area contributed by atoms with Gasteiger partial charge in [-0.25, -0.2) is 0 Å². The van der Waals surface area contributed by atoms with Gasteiger partial charge in [-0.05, 0) is 36.8 Å². The topological polar surface area (TPSA) is 0 Å². The highest BCUT2D eigenvalue weighted by Gasteiger charge is 1.96. The molecule has 0 aliphatic heterocycles. The molecular weight excluding hydrogens is 216 g/mol. The zero-order valence-corrected chi connectivity index (χ0v) is 12.1. The predicted molar refractivity (Wildman–Crippen MR) is 81.8 cm³/mol. The highest BCUT2D eigenvalue weighted by molar-refractivity contribution is 5.22. The van der Waals surface area contributed by atoms with Crippen molar-refractivity contribution in [3.05, 3.63) is 42.3 Å². The number of hydrogen-bond donors (Lipinski definition) is 0. The number of hydrogen-bond acceptors (Lipinski definition) is 0. The minimum atomic E-state index is 1.08. The molecule has 101 valence electrons. The van der Waals surface area contributed by atoms with Gasteiger partial charge in [0.05, 0.1) is 0 Å². The molecule has 1 rings (SSSR count). The van der Waals surface area contributed by atoms with E-state index in [2.05, 4.69) is 38.1 Å². The molecule has 1 radical (unpaired) electrons. The maximum Gasteiger partial charge on any atom is -0.0279 e. The predicted octanol–water partition coefficient (Wildman–Crippen LogP) is 5.75. The van der Waals surface area contributed by atoms with Crippen LogP contribution in [0.1, 0.15) is 69.4 Å². The molecule has 0 heteroatoms. The van der Waals surface area contributed by atoms with Gasteiger partial charge < -0.3 is 0 Å². The zero-order chi connectivity index (χ0) is 13.1. The van der Waals surface area contributed by atoms with Crippen molar-refractivity contribution in [2.75, 3.05) is 0 Å². The Kier molecular flexibility index (Phi) is 8.63. The molecule has 1 aromatic rings. The molecular formula is C18H29. The summed E-state index contributed by atoms with van der Waals surface area (Å²) in [6.45, 7) is 6.15. The van der Waals surface area contributed by atoms with E-state index in [4.69, 9.17) is 0 Å². The molecule has 0 atom stereocenters. The van der Waals surface area contributed by atoms with Crippen molar-refractivity contribution in [3.63, 3.8) is 0 Å². The summed E-state index contributed by atoms with van der Waals surface area (Å²) in [4.78, 5) is 0. The Labute approximate surface area is 114 Å². The summed E-state index contributed by atoms with van der Waals surface area (Å²) in [7, 11) is 0. The van der Waals surface area contributed by atoms with Gasteiger partial charge in [-0.15, -0.1) is 0 Å². The first kappa shape index (κ1) is 15.3. The fourth-order valence-electron chi connectivity index (χ4n) is 2.31. The van der Waals surface area contributed by atoms with Crippen LogP contribution in [0.4, 0.5) is 0 Å². The largest absolute Gasteiger partial charge is 0.0654 e. The molecule has 0 aliphatic rings. The first-order chi connectivity index (χ1) is 8.86. The number of benzene rings is 1. The fraction of sp³-hybridized carbons (Fsp3) is 0.611. The van der Waals surface area contributed by atoms with Gasteiger partial charge in [-0.2, -0.15) is 0 Å². The van der Waals surface area contributed by atoms with E-state index in [1.165, 1.54) is 68.9 Å². The van der Waals surface area contributed by atoms with Crippen molar-refractivity contribution < 1.29 is 0 Å². The van der Waals surface area contributed by atoms with E-state index in [9.17, 15) is 0 Å². The van der Waals surface area contributed by atoms with Gasteiger partial charge in [0.1, 0.15) is 0 Å². The Hall–Kier alpha value is -0.780. The number of unbranched alkanes of at least 4 members (excludes halogenated alkanes) is 6. The molecule has 0 nitrogen and oxygen atoms in total. The second-order valence-corrected chi connectivity index (χ2v) is 5.29.